The molecule has 5 rings (SSSR count). The molecule has 0 spiro atoms. The summed E-state index contributed by atoms with van der Waals surface area (Å²) in [7, 11) is 1.00. The van der Waals surface area contributed by atoms with Gasteiger partial charge in [0.05, 0.1) is 12.3 Å². The van der Waals surface area contributed by atoms with Gasteiger partial charge in [-0.25, -0.2) is 9.37 Å². The number of aliphatic hydroxyl groups excluding tert-OH is 1. The van der Waals surface area contributed by atoms with Crippen LogP contribution in [0.4, 0.5) is 4.39 Å². The first-order valence-electron chi connectivity index (χ1n) is 15.7. The number of carbonyl (C=O) groups is 2. The van der Waals surface area contributed by atoms with Crippen molar-refractivity contribution in [2.75, 3.05) is 13.7 Å². The molecule has 1 aromatic heterocycles. The largest absolute Gasteiger partial charge is 0.494 e. The van der Waals surface area contributed by atoms with Crippen molar-refractivity contribution < 1.29 is 23.8 Å². The van der Waals surface area contributed by atoms with Crippen LogP contribution in [0.3, 0.4) is 0 Å². The fourth-order valence-corrected chi connectivity index (χ4v) is 5.19. The minimum absolute atomic E-state index is 0.0681. The van der Waals surface area contributed by atoms with Crippen LogP contribution in [0.5, 0.6) is 5.75 Å². The lowest BCUT2D eigenvalue weighted by atomic mass is 10.0. The average Bonchev–Trinajstić information content (AvgIpc) is 3.52. The molecule has 2 N–H and O–H groups in total. The van der Waals surface area contributed by atoms with E-state index >= 15 is 0 Å². The normalized spacial score (nSPS) is 10.8. The Morgan fingerprint density at radius 2 is 1.65 bits per heavy atom. The molecule has 0 atom stereocenters. The summed E-state index contributed by atoms with van der Waals surface area (Å²) in [5.41, 5.74) is 6.73. The second-order valence-corrected chi connectivity index (χ2v) is 11.2. The minimum atomic E-state index is -0.316. The summed E-state index contributed by atoms with van der Waals surface area (Å²) in [6.45, 7) is 2.95. The molecule has 0 fully saturated rings. The highest BCUT2D eigenvalue weighted by Crippen LogP contribution is 2.28. The molecular formula is C39H39ClFN3O4. The fourth-order valence-electron chi connectivity index (χ4n) is 5.00. The summed E-state index contributed by atoms with van der Waals surface area (Å²) in [6, 6.07) is 27.9. The molecule has 5 aromatic rings. The van der Waals surface area contributed by atoms with Crippen LogP contribution >= 0.6 is 11.6 Å². The van der Waals surface area contributed by atoms with Crippen LogP contribution in [0.15, 0.2) is 97.2 Å². The maximum absolute atomic E-state index is 13.3. The predicted octanol–water partition coefficient (Wildman–Crippen LogP) is 8.03. The van der Waals surface area contributed by atoms with Crippen molar-refractivity contribution in [2.45, 2.75) is 39.3 Å². The van der Waals surface area contributed by atoms with Gasteiger partial charge in [0.25, 0.3) is 0 Å². The Kier molecular flexibility index (Phi) is 13.7. The van der Waals surface area contributed by atoms with Crippen molar-refractivity contribution >= 4 is 35.9 Å². The summed E-state index contributed by atoms with van der Waals surface area (Å²) in [5.74, 6) is 0.912. The van der Waals surface area contributed by atoms with Gasteiger partial charge in [-0.3, -0.25) is 4.79 Å². The number of benzene rings is 4. The molecule has 4 aromatic carbocycles. The number of carbonyl (C=O) groups excluding carboxylic acids is 2. The number of halogens is 2. The molecule has 0 bridgehead atoms. The molecule has 0 radical (unpaired) electrons. The quantitative estimate of drug-likeness (QED) is 0.0924. The topological polar surface area (TPSA) is 93.5 Å². The van der Waals surface area contributed by atoms with E-state index in [0.29, 0.717) is 36.8 Å². The monoisotopic (exact) mass is 667 g/mol. The maximum atomic E-state index is 13.3. The number of hydrogen-bond acceptors (Lipinski definition) is 5. The fraction of sp³-hybridized carbons (Fsp3) is 0.205. The highest BCUT2D eigenvalue weighted by atomic mass is 35.5. The van der Waals surface area contributed by atoms with Gasteiger partial charge in [0.15, 0.2) is 0 Å². The SMILES string of the molecule is CCc1cc(Cl)ccc1-c1cn(CC(=O)NCc2ccc(F)cc2)c(/C=C/c2ccc(-c3ccc(OCCCC=O)cc3)cc2)n1.CO. The number of aliphatic hydroxyl groups is 1. The summed E-state index contributed by atoms with van der Waals surface area (Å²) < 4.78 is 20.8. The van der Waals surface area contributed by atoms with Crippen molar-refractivity contribution in [1.82, 2.24) is 14.9 Å². The molecule has 0 aliphatic rings. The van der Waals surface area contributed by atoms with E-state index in [2.05, 4.69) is 24.4 Å². The predicted molar refractivity (Wildman–Crippen MR) is 190 cm³/mol. The van der Waals surface area contributed by atoms with E-state index in [9.17, 15) is 14.0 Å². The van der Waals surface area contributed by atoms with E-state index in [4.69, 9.17) is 26.4 Å². The van der Waals surface area contributed by atoms with Crippen LogP contribution in [0.1, 0.15) is 42.3 Å². The summed E-state index contributed by atoms with van der Waals surface area (Å²) >= 11 is 6.26. The lowest BCUT2D eigenvalue weighted by Gasteiger charge is -2.08. The van der Waals surface area contributed by atoms with Gasteiger partial charge in [-0.1, -0.05) is 79.2 Å². The maximum Gasteiger partial charge on any atom is 0.240 e. The number of imidazole rings is 1. The van der Waals surface area contributed by atoms with Crippen LogP contribution in [0.25, 0.3) is 34.5 Å². The average molecular weight is 668 g/mol. The molecule has 0 aliphatic carbocycles. The molecular weight excluding hydrogens is 629 g/mol. The van der Waals surface area contributed by atoms with E-state index in [-0.39, 0.29) is 18.3 Å². The number of amides is 1. The number of nitrogens with zero attached hydrogens (tertiary/aromatic N) is 2. The van der Waals surface area contributed by atoms with Crippen molar-refractivity contribution in [1.29, 1.82) is 0 Å². The van der Waals surface area contributed by atoms with Crippen molar-refractivity contribution in [3.63, 3.8) is 0 Å². The zero-order valence-corrected chi connectivity index (χ0v) is 27.8. The Morgan fingerprint density at radius 1 is 0.958 bits per heavy atom. The van der Waals surface area contributed by atoms with E-state index < -0.39 is 0 Å². The highest BCUT2D eigenvalue weighted by Gasteiger charge is 2.14. The molecule has 248 valence electrons. The van der Waals surface area contributed by atoms with Gasteiger partial charge < -0.3 is 24.5 Å². The van der Waals surface area contributed by atoms with Crippen LogP contribution in [-0.4, -0.2) is 40.6 Å². The molecule has 7 nitrogen and oxygen atoms in total. The molecule has 0 saturated carbocycles. The third kappa shape index (κ3) is 10.2. The lowest BCUT2D eigenvalue weighted by molar-refractivity contribution is -0.121. The number of nitrogens with one attached hydrogen (secondary N) is 1. The first kappa shape index (κ1) is 35.8. The standard InChI is InChI=1S/C38H35ClFN3O3.CH4O/c1-2-29-23-32(39)14-19-35(29)36-25-43(26-38(45)41-24-28-7-15-33(40)16-8-28)37(42-36)20-9-27-5-10-30(11-6-27)31-12-17-34(18-13-31)46-22-4-3-21-44;1-2/h5-21,23,25H,2-4,22,24,26H2,1H3,(H,41,45);2H,1H3/b20-9+;. The molecule has 1 heterocycles. The minimum Gasteiger partial charge on any atom is -0.494 e. The molecule has 9 heteroatoms. The summed E-state index contributed by atoms with van der Waals surface area (Å²) in [6.07, 6.45) is 8.66. The van der Waals surface area contributed by atoms with E-state index in [0.717, 1.165) is 64.6 Å². The van der Waals surface area contributed by atoms with Gasteiger partial charge in [0, 0.05) is 36.9 Å². The van der Waals surface area contributed by atoms with E-state index in [1.165, 1.54) is 12.1 Å². The Hall–Kier alpha value is -5.05. The smallest absolute Gasteiger partial charge is 0.240 e. The Labute approximate surface area is 285 Å². The number of hydrogen-bond donors (Lipinski definition) is 2. The molecule has 0 saturated heterocycles. The van der Waals surface area contributed by atoms with Gasteiger partial charge in [-0.2, -0.15) is 0 Å². The number of aryl methyl sites for hydroxylation is 1. The Morgan fingerprint density at radius 3 is 2.31 bits per heavy atom. The van der Waals surface area contributed by atoms with Crippen LogP contribution in [0, 0.1) is 5.82 Å². The Balaban J connectivity index is 0.00000255. The van der Waals surface area contributed by atoms with Crippen LogP contribution in [-0.2, 0) is 29.1 Å². The number of aldehydes is 1. The molecule has 0 aliphatic heterocycles. The highest BCUT2D eigenvalue weighted by molar-refractivity contribution is 6.30. The third-order valence-electron chi connectivity index (χ3n) is 7.51. The second kappa shape index (κ2) is 18.3. The van der Waals surface area contributed by atoms with Crippen LogP contribution < -0.4 is 10.1 Å². The zero-order valence-electron chi connectivity index (χ0n) is 27.0. The zero-order chi connectivity index (χ0) is 34.3. The molecule has 48 heavy (non-hydrogen) atoms. The van der Waals surface area contributed by atoms with Crippen LogP contribution in [0.2, 0.25) is 5.02 Å². The third-order valence-corrected chi connectivity index (χ3v) is 7.74. The number of rotatable bonds is 14. The van der Waals surface area contributed by atoms with Gasteiger partial charge in [0.1, 0.15) is 30.2 Å². The lowest BCUT2D eigenvalue weighted by Crippen LogP contribution is -2.27. The van der Waals surface area contributed by atoms with Crippen molar-refractivity contribution in [3.05, 3.63) is 131 Å². The number of unbranched alkanes of at least 4 members (excludes halogenated alkanes) is 1. The molecule has 1 amide bonds. The molecule has 0 unspecified atom stereocenters. The number of ether oxygens (including phenoxy) is 1. The Bertz CT molecular complexity index is 1800. The first-order valence-corrected chi connectivity index (χ1v) is 16.1. The van der Waals surface area contributed by atoms with Crippen molar-refractivity contribution in [2.24, 2.45) is 0 Å². The number of aromatic nitrogens is 2. The van der Waals surface area contributed by atoms with Gasteiger partial charge in [-0.05, 0) is 83.1 Å². The van der Waals surface area contributed by atoms with Gasteiger partial charge in [-0.15, -0.1) is 0 Å². The van der Waals surface area contributed by atoms with Gasteiger partial charge >= 0.3 is 0 Å². The van der Waals surface area contributed by atoms with E-state index in [1.807, 2.05) is 77.5 Å². The second-order valence-electron chi connectivity index (χ2n) is 10.8. The van der Waals surface area contributed by atoms with Gasteiger partial charge in [0.2, 0.25) is 5.91 Å². The van der Waals surface area contributed by atoms with Crippen molar-refractivity contribution in [3.8, 4) is 28.1 Å². The summed E-state index contributed by atoms with van der Waals surface area (Å²) in [4.78, 5) is 28.3. The van der Waals surface area contributed by atoms with E-state index in [1.54, 1.807) is 12.1 Å². The summed E-state index contributed by atoms with van der Waals surface area (Å²) in [5, 5.41) is 10.6. The first-order chi connectivity index (χ1) is 23.4.